The number of carbonyl (C=O) groups is 2. The predicted molar refractivity (Wildman–Crippen MR) is 107 cm³/mol. The molecular weight excluding hydrogens is 356 g/mol. The van der Waals surface area contributed by atoms with Gasteiger partial charge in [0.25, 0.3) is 0 Å². The van der Waals surface area contributed by atoms with Crippen LogP contribution in [-0.4, -0.2) is 37.6 Å². The summed E-state index contributed by atoms with van der Waals surface area (Å²) in [5.74, 6) is -1.96. The topological polar surface area (TPSA) is 77.3 Å². The lowest BCUT2D eigenvalue weighted by molar-refractivity contribution is -0.145. The Bertz CT molecular complexity index is 816. The lowest BCUT2D eigenvalue weighted by Crippen LogP contribution is -2.41. The van der Waals surface area contributed by atoms with Crippen molar-refractivity contribution in [1.82, 2.24) is 0 Å². The maximum absolute atomic E-state index is 12.4. The fourth-order valence-corrected chi connectivity index (χ4v) is 3.25. The molecule has 0 spiro atoms. The zero-order valence-corrected chi connectivity index (χ0v) is 15.9. The Kier molecular flexibility index (Phi) is 6.32. The maximum atomic E-state index is 12.4. The molecule has 28 heavy (non-hydrogen) atoms. The van der Waals surface area contributed by atoms with Crippen LogP contribution in [0, 0.1) is 11.8 Å². The Morgan fingerprint density at radius 2 is 1.07 bits per heavy atom. The van der Waals surface area contributed by atoms with Gasteiger partial charge in [-0.2, -0.15) is 0 Å². The molecule has 1 aliphatic rings. The van der Waals surface area contributed by atoms with Crippen molar-refractivity contribution in [3.8, 4) is 0 Å². The molecule has 1 fully saturated rings. The zero-order chi connectivity index (χ0) is 19.9. The third-order valence-corrected chi connectivity index (χ3v) is 4.66. The summed E-state index contributed by atoms with van der Waals surface area (Å²) in [6, 6.07) is 18.7. The molecule has 1 aliphatic carbocycles. The third kappa shape index (κ3) is 4.52. The van der Waals surface area contributed by atoms with Gasteiger partial charge in [-0.15, -0.1) is 0 Å². The minimum absolute atomic E-state index is 0.257. The van der Waals surface area contributed by atoms with E-state index in [4.69, 9.17) is 9.47 Å². The molecular formula is C22H22N2O4. The first-order chi connectivity index (χ1) is 13.6. The average Bonchev–Trinajstić information content (AvgIpc) is 2.74. The number of esters is 2. The molecule has 0 N–H and O–H groups in total. The molecule has 0 aromatic heterocycles. The molecule has 0 heterocycles. The van der Waals surface area contributed by atoms with Gasteiger partial charge in [0, 0.05) is 24.3 Å². The Morgan fingerprint density at radius 3 is 1.39 bits per heavy atom. The fourth-order valence-electron chi connectivity index (χ4n) is 3.25. The van der Waals surface area contributed by atoms with Crippen LogP contribution in [0.1, 0.15) is 12.8 Å². The Labute approximate surface area is 163 Å². The quantitative estimate of drug-likeness (QED) is 0.756. The Balaban J connectivity index is 2.02. The molecule has 0 bridgehead atoms. The van der Waals surface area contributed by atoms with Gasteiger partial charge in [0.2, 0.25) is 0 Å². The summed E-state index contributed by atoms with van der Waals surface area (Å²) in [5.41, 5.74) is 2.64. The summed E-state index contributed by atoms with van der Waals surface area (Å²) >= 11 is 0. The standard InChI is InChI=1S/C22H22N2O4/c1-27-21(25)17-13-20(24-16-11-7-4-8-12-16)18(22(26)28-2)14-19(17)23-15-9-5-3-6-10-15/h3-12,17-18H,13-14H2,1-2H3. The Morgan fingerprint density at radius 1 is 0.714 bits per heavy atom. The van der Waals surface area contributed by atoms with E-state index in [1.54, 1.807) is 0 Å². The van der Waals surface area contributed by atoms with Crippen LogP contribution < -0.4 is 0 Å². The number of hydrogen-bond acceptors (Lipinski definition) is 6. The minimum atomic E-state index is -0.589. The van der Waals surface area contributed by atoms with Gasteiger partial charge in [-0.3, -0.25) is 19.6 Å². The summed E-state index contributed by atoms with van der Waals surface area (Å²) in [4.78, 5) is 34.1. The van der Waals surface area contributed by atoms with Gasteiger partial charge in [0.1, 0.15) is 11.8 Å². The average molecular weight is 378 g/mol. The number of methoxy groups -OCH3 is 2. The number of ether oxygens (including phenoxy) is 2. The molecule has 0 radical (unpaired) electrons. The molecule has 0 aliphatic heterocycles. The van der Waals surface area contributed by atoms with E-state index in [-0.39, 0.29) is 12.8 Å². The van der Waals surface area contributed by atoms with Gasteiger partial charge < -0.3 is 9.47 Å². The zero-order valence-electron chi connectivity index (χ0n) is 15.9. The van der Waals surface area contributed by atoms with Crippen molar-refractivity contribution in [1.29, 1.82) is 0 Å². The number of aliphatic imine (C=N–C) groups is 2. The van der Waals surface area contributed by atoms with Crippen molar-refractivity contribution in [2.75, 3.05) is 14.2 Å². The third-order valence-electron chi connectivity index (χ3n) is 4.66. The molecule has 1 saturated carbocycles. The number of benzene rings is 2. The first kappa shape index (κ1) is 19.5. The normalized spacial score (nSPS) is 22.1. The van der Waals surface area contributed by atoms with Crippen LogP contribution in [-0.2, 0) is 19.1 Å². The smallest absolute Gasteiger partial charge is 0.314 e. The molecule has 2 unspecified atom stereocenters. The number of hydrogen-bond donors (Lipinski definition) is 0. The highest BCUT2D eigenvalue weighted by Crippen LogP contribution is 2.31. The number of nitrogens with zero attached hydrogens (tertiary/aromatic N) is 2. The van der Waals surface area contributed by atoms with Crippen LogP contribution in [0.2, 0.25) is 0 Å². The number of para-hydroxylation sites is 2. The van der Waals surface area contributed by atoms with E-state index < -0.39 is 23.8 Å². The van der Waals surface area contributed by atoms with Crippen molar-refractivity contribution < 1.29 is 19.1 Å². The summed E-state index contributed by atoms with van der Waals surface area (Å²) in [7, 11) is 2.70. The largest absolute Gasteiger partial charge is 0.469 e. The first-order valence-electron chi connectivity index (χ1n) is 9.03. The summed E-state index contributed by atoms with van der Waals surface area (Å²) in [6.45, 7) is 0. The van der Waals surface area contributed by atoms with Crippen molar-refractivity contribution in [2.24, 2.45) is 21.8 Å². The SMILES string of the molecule is COC(=O)C1CC(=Nc2ccccc2)C(C(=O)OC)CC1=Nc1ccccc1. The molecule has 6 heteroatoms. The van der Waals surface area contributed by atoms with E-state index in [1.165, 1.54) is 14.2 Å². The predicted octanol–water partition coefficient (Wildman–Crippen LogP) is 3.90. The van der Waals surface area contributed by atoms with E-state index in [0.29, 0.717) is 11.4 Å². The van der Waals surface area contributed by atoms with Crippen LogP contribution in [0.4, 0.5) is 11.4 Å². The second-order valence-corrected chi connectivity index (χ2v) is 6.44. The van der Waals surface area contributed by atoms with E-state index >= 15 is 0 Å². The molecule has 2 aromatic carbocycles. The molecule has 3 rings (SSSR count). The van der Waals surface area contributed by atoms with Gasteiger partial charge in [-0.1, -0.05) is 36.4 Å². The fraction of sp³-hybridized carbons (Fsp3) is 0.273. The second-order valence-electron chi connectivity index (χ2n) is 6.44. The highest BCUT2D eigenvalue weighted by Gasteiger charge is 2.40. The summed E-state index contributed by atoms with van der Waals surface area (Å²) in [6.07, 6.45) is 0.514. The van der Waals surface area contributed by atoms with Crippen LogP contribution in [0.5, 0.6) is 0 Å². The molecule has 0 saturated heterocycles. The highest BCUT2D eigenvalue weighted by atomic mass is 16.5. The van der Waals surface area contributed by atoms with Crippen molar-refractivity contribution in [3.05, 3.63) is 60.7 Å². The molecule has 2 atom stereocenters. The van der Waals surface area contributed by atoms with E-state index in [1.807, 2.05) is 60.7 Å². The second kappa shape index (κ2) is 9.08. The van der Waals surface area contributed by atoms with Crippen LogP contribution >= 0.6 is 0 Å². The van der Waals surface area contributed by atoms with E-state index in [0.717, 1.165) is 11.4 Å². The van der Waals surface area contributed by atoms with Crippen LogP contribution in [0.3, 0.4) is 0 Å². The van der Waals surface area contributed by atoms with Crippen LogP contribution in [0.15, 0.2) is 70.6 Å². The monoisotopic (exact) mass is 378 g/mol. The maximum Gasteiger partial charge on any atom is 0.314 e. The lowest BCUT2D eigenvalue weighted by atomic mass is 9.78. The van der Waals surface area contributed by atoms with Gasteiger partial charge >= 0.3 is 11.9 Å². The Hall–Kier alpha value is -3.28. The van der Waals surface area contributed by atoms with Gasteiger partial charge in [-0.05, 0) is 24.3 Å². The van der Waals surface area contributed by atoms with Crippen LogP contribution in [0.25, 0.3) is 0 Å². The minimum Gasteiger partial charge on any atom is -0.469 e. The number of rotatable bonds is 4. The first-order valence-corrected chi connectivity index (χ1v) is 9.03. The molecule has 0 amide bonds. The highest BCUT2D eigenvalue weighted by molar-refractivity contribution is 6.16. The van der Waals surface area contributed by atoms with E-state index in [9.17, 15) is 9.59 Å². The molecule has 2 aromatic rings. The number of carbonyl (C=O) groups excluding carboxylic acids is 2. The lowest BCUT2D eigenvalue weighted by Gasteiger charge is -2.29. The molecule has 144 valence electrons. The van der Waals surface area contributed by atoms with Gasteiger partial charge in [0.05, 0.1) is 25.6 Å². The van der Waals surface area contributed by atoms with E-state index in [2.05, 4.69) is 9.98 Å². The molecule has 6 nitrogen and oxygen atoms in total. The van der Waals surface area contributed by atoms with Gasteiger partial charge in [0.15, 0.2) is 0 Å². The van der Waals surface area contributed by atoms with Crippen molar-refractivity contribution >= 4 is 34.7 Å². The summed E-state index contributed by atoms with van der Waals surface area (Å²) in [5, 5.41) is 0. The summed E-state index contributed by atoms with van der Waals surface area (Å²) < 4.78 is 9.97. The van der Waals surface area contributed by atoms with Gasteiger partial charge in [-0.25, -0.2) is 0 Å². The van der Waals surface area contributed by atoms with Crippen molar-refractivity contribution in [3.63, 3.8) is 0 Å². The van der Waals surface area contributed by atoms with Crippen molar-refractivity contribution in [2.45, 2.75) is 12.8 Å².